The molecule has 1 aromatic carbocycles. The molecule has 0 spiro atoms. The Kier molecular flexibility index (Phi) is 5.47. The molecule has 0 saturated heterocycles. The van der Waals surface area contributed by atoms with Crippen LogP contribution in [0.1, 0.15) is 58.4 Å². The minimum atomic E-state index is -1.42. The van der Waals surface area contributed by atoms with Gasteiger partial charge in [0.2, 0.25) is 0 Å². The van der Waals surface area contributed by atoms with E-state index >= 15 is 0 Å². The van der Waals surface area contributed by atoms with Crippen molar-refractivity contribution >= 4 is 24.4 Å². The third-order valence-corrected chi connectivity index (χ3v) is 4.57. The molecule has 7 nitrogen and oxygen atoms in total. The fraction of sp³-hybridized carbons (Fsp3) is 0.350. The van der Waals surface area contributed by atoms with Crippen LogP contribution in [0.4, 0.5) is 4.39 Å². The summed E-state index contributed by atoms with van der Waals surface area (Å²) in [6.07, 6.45) is 0. The highest BCUT2D eigenvalue weighted by Crippen LogP contribution is 2.19. The molecule has 0 aliphatic carbocycles. The van der Waals surface area contributed by atoms with Crippen molar-refractivity contribution in [3.63, 3.8) is 0 Å². The molecule has 0 saturated carbocycles. The van der Waals surface area contributed by atoms with E-state index in [0.717, 1.165) is 0 Å². The number of aryl methyl sites for hydroxylation is 2. The van der Waals surface area contributed by atoms with Crippen LogP contribution in [0, 0.1) is 19.7 Å². The molecular weight excluding hydrogens is 376 g/mol. The smallest absolute Gasteiger partial charge is 0.423 e. The second kappa shape index (κ2) is 7.57. The van der Waals surface area contributed by atoms with Crippen LogP contribution in [-0.2, 0) is 11.3 Å². The Hall–Kier alpha value is -2.78. The summed E-state index contributed by atoms with van der Waals surface area (Å²) in [5, 5.41) is 11.0. The number of pyridine rings is 1. The Morgan fingerprint density at radius 3 is 2.45 bits per heavy atom. The zero-order valence-corrected chi connectivity index (χ0v) is 17.0. The summed E-state index contributed by atoms with van der Waals surface area (Å²) in [5.41, 5.74) is 3.60. The highest BCUT2D eigenvalue weighted by molar-refractivity contribution is 6.61. The van der Waals surface area contributed by atoms with Crippen LogP contribution < -0.4 is 10.9 Å². The number of nitrogens with zero attached hydrogens (tertiary/aromatic N) is 2. The highest BCUT2D eigenvalue weighted by Gasteiger charge is 2.35. The molecule has 29 heavy (non-hydrogen) atoms. The van der Waals surface area contributed by atoms with Crippen molar-refractivity contribution in [2.45, 2.75) is 46.8 Å². The van der Waals surface area contributed by atoms with E-state index < -0.39 is 30.3 Å². The van der Waals surface area contributed by atoms with Crippen LogP contribution in [0.25, 0.3) is 0 Å². The normalized spacial score (nSPS) is 13.3. The number of fused-ring (bicyclic) bond motifs is 1. The molecule has 2 N–H and O–H groups in total. The molecular formula is C20H23BFN3O4. The first-order valence-electron chi connectivity index (χ1n) is 9.21. The molecule has 0 fully saturated rings. The van der Waals surface area contributed by atoms with Crippen LogP contribution >= 0.6 is 0 Å². The standard InChI is InChI=1S/C20H23BFN3O4/c1-11-8-14(9-12(2)23-11)19(27)25(20(3,4)5)24-18(26)15-7-6-13-10-29-21(28)16(13)17(15)22/h6-9,28H,10H2,1-5H3,(H,24,26). The van der Waals surface area contributed by atoms with E-state index in [1.165, 1.54) is 17.1 Å². The first-order chi connectivity index (χ1) is 13.5. The molecule has 0 bridgehead atoms. The lowest BCUT2D eigenvalue weighted by atomic mass is 9.78. The van der Waals surface area contributed by atoms with Gasteiger partial charge in [-0.25, -0.2) is 9.40 Å². The van der Waals surface area contributed by atoms with E-state index in [0.29, 0.717) is 22.5 Å². The fourth-order valence-corrected chi connectivity index (χ4v) is 3.23. The second-order valence-electron chi connectivity index (χ2n) is 8.05. The van der Waals surface area contributed by atoms with Gasteiger partial charge in [-0.1, -0.05) is 6.07 Å². The molecule has 0 atom stereocenters. The maximum atomic E-state index is 14.8. The number of hydrazine groups is 1. The molecule has 152 valence electrons. The molecule has 2 heterocycles. The predicted molar refractivity (Wildman–Crippen MR) is 106 cm³/mol. The van der Waals surface area contributed by atoms with Crippen molar-refractivity contribution in [3.05, 3.63) is 58.2 Å². The average Bonchev–Trinajstić information content (AvgIpc) is 2.99. The number of carbonyl (C=O) groups excluding carboxylic acids is 2. The number of amides is 2. The minimum Gasteiger partial charge on any atom is -0.423 e. The number of hydrogen-bond donors (Lipinski definition) is 2. The van der Waals surface area contributed by atoms with Crippen molar-refractivity contribution in [1.82, 2.24) is 15.4 Å². The van der Waals surface area contributed by atoms with Crippen LogP contribution in [0.2, 0.25) is 0 Å². The van der Waals surface area contributed by atoms with Crippen LogP contribution in [0.15, 0.2) is 24.3 Å². The number of carbonyl (C=O) groups is 2. The Morgan fingerprint density at radius 1 is 1.24 bits per heavy atom. The Balaban J connectivity index is 1.93. The van der Waals surface area contributed by atoms with Crippen molar-refractivity contribution in [2.75, 3.05) is 0 Å². The molecule has 9 heteroatoms. The van der Waals surface area contributed by atoms with Gasteiger partial charge in [0.15, 0.2) is 0 Å². The van der Waals surface area contributed by atoms with Gasteiger partial charge in [-0.3, -0.25) is 20.0 Å². The summed E-state index contributed by atoms with van der Waals surface area (Å²) in [6, 6.07) is 6.10. The number of benzene rings is 1. The Labute approximate surface area is 169 Å². The maximum Gasteiger partial charge on any atom is 0.494 e. The molecule has 1 aliphatic heterocycles. The van der Waals surface area contributed by atoms with E-state index in [-0.39, 0.29) is 17.6 Å². The minimum absolute atomic E-state index is 0.0494. The third kappa shape index (κ3) is 4.15. The zero-order chi connectivity index (χ0) is 21.5. The number of nitrogens with one attached hydrogen (secondary N) is 1. The van der Waals surface area contributed by atoms with Crippen molar-refractivity contribution in [2.24, 2.45) is 0 Å². The Morgan fingerprint density at radius 2 is 1.86 bits per heavy atom. The zero-order valence-electron chi connectivity index (χ0n) is 17.0. The predicted octanol–water partition coefficient (Wildman–Crippen LogP) is 1.64. The van der Waals surface area contributed by atoms with Gasteiger partial charge < -0.3 is 9.68 Å². The van der Waals surface area contributed by atoms with Gasteiger partial charge in [-0.2, -0.15) is 0 Å². The van der Waals surface area contributed by atoms with Crippen molar-refractivity contribution < 1.29 is 23.7 Å². The first-order valence-corrected chi connectivity index (χ1v) is 9.21. The molecule has 1 aliphatic rings. The highest BCUT2D eigenvalue weighted by atomic mass is 19.1. The van der Waals surface area contributed by atoms with Gasteiger partial charge in [0.1, 0.15) is 5.82 Å². The van der Waals surface area contributed by atoms with Crippen molar-refractivity contribution in [3.8, 4) is 0 Å². The lowest BCUT2D eigenvalue weighted by Gasteiger charge is -2.35. The largest absolute Gasteiger partial charge is 0.494 e. The second-order valence-corrected chi connectivity index (χ2v) is 8.05. The lowest BCUT2D eigenvalue weighted by Crippen LogP contribution is -2.56. The topological polar surface area (TPSA) is 91.8 Å². The summed E-state index contributed by atoms with van der Waals surface area (Å²) in [5.74, 6) is -2.10. The first kappa shape index (κ1) is 20.9. The molecule has 0 radical (unpaired) electrons. The third-order valence-electron chi connectivity index (χ3n) is 4.57. The van der Waals surface area contributed by atoms with Gasteiger partial charge in [0, 0.05) is 22.4 Å². The summed E-state index contributed by atoms with van der Waals surface area (Å²) in [6.45, 7) is 8.88. The van der Waals surface area contributed by atoms with E-state index in [2.05, 4.69) is 10.4 Å². The van der Waals surface area contributed by atoms with Gasteiger partial charge in [-0.15, -0.1) is 0 Å². The van der Waals surface area contributed by atoms with E-state index in [4.69, 9.17) is 4.65 Å². The molecule has 3 rings (SSSR count). The SMILES string of the molecule is Cc1cc(C(=O)N(NC(=O)c2ccc3c(c2F)B(O)OC3)C(C)(C)C)cc(C)n1. The van der Waals surface area contributed by atoms with Crippen molar-refractivity contribution in [1.29, 1.82) is 0 Å². The van der Waals surface area contributed by atoms with Crippen LogP contribution in [0.5, 0.6) is 0 Å². The van der Waals surface area contributed by atoms with Crippen LogP contribution in [0.3, 0.4) is 0 Å². The van der Waals surface area contributed by atoms with Crippen LogP contribution in [-0.4, -0.2) is 39.5 Å². The molecule has 1 aromatic heterocycles. The number of rotatable bonds is 2. The number of aromatic nitrogens is 1. The van der Waals surface area contributed by atoms with Gasteiger partial charge >= 0.3 is 7.12 Å². The molecule has 0 unspecified atom stereocenters. The van der Waals surface area contributed by atoms with E-state index in [9.17, 15) is 19.0 Å². The van der Waals surface area contributed by atoms with E-state index in [1.54, 1.807) is 46.8 Å². The maximum absolute atomic E-state index is 14.8. The lowest BCUT2D eigenvalue weighted by molar-refractivity contribution is 0.0357. The van der Waals surface area contributed by atoms with Gasteiger partial charge in [0.25, 0.3) is 11.8 Å². The number of hydrogen-bond acceptors (Lipinski definition) is 5. The summed E-state index contributed by atoms with van der Waals surface area (Å²) < 4.78 is 19.8. The summed E-state index contributed by atoms with van der Waals surface area (Å²) in [7, 11) is -1.42. The average molecular weight is 399 g/mol. The molecule has 2 aromatic rings. The summed E-state index contributed by atoms with van der Waals surface area (Å²) in [4.78, 5) is 30.2. The summed E-state index contributed by atoms with van der Waals surface area (Å²) >= 11 is 0. The van der Waals surface area contributed by atoms with Gasteiger partial charge in [0.05, 0.1) is 17.7 Å². The Bertz CT molecular complexity index is 970. The van der Waals surface area contributed by atoms with E-state index in [1.807, 2.05) is 0 Å². The van der Waals surface area contributed by atoms with Gasteiger partial charge in [-0.05, 0) is 58.4 Å². The quantitative estimate of drug-likeness (QED) is 0.592. The monoisotopic (exact) mass is 399 g/mol. The number of halogens is 1. The fourth-order valence-electron chi connectivity index (χ4n) is 3.23. The molecule has 2 amide bonds.